The minimum Gasteiger partial charge on any atom is -0.314 e. The Morgan fingerprint density at radius 2 is 2.11 bits per heavy atom. The second-order valence-electron chi connectivity index (χ2n) is 5.35. The van der Waals surface area contributed by atoms with Crippen LogP contribution in [0.4, 0.5) is 8.78 Å². The molecule has 0 spiro atoms. The maximum Gasteiger partial charge on any atom is 0.163 e. The molecule has 1 aromatic carbocycles. The number of rotatable bonds is 2. The maximum absolute atomic E-state index is 13.6. The molecule has 19 heavy (non-hydrogen) atoms. The molecule has 0 aliphatic carbocycles. The first kappa shape index (κ1) is 14.7. The molecule has 2 saturated heterocycles. The van der Waals surface area contributed by atoms with E-state index in [-0.39, 0.29) is 12.4 Å². The molecule has 5 heteroatoms. The summed E-state index contributed by atoms with van der Waals surface area (Å²) in [5, 5.41) is 3.50. The molecular weight excluding hydrogens is 270 g/mol. The standard InChI is InChI=1S/C14H18F2N2.ClH/c15-12-3-1-2-11(14(12)16)9-18-7-5-13-10(8-18)4-6-17-13;/h1-3,10,13,17H,4-9H2;1H. The van der Waals surface area contributed by atoms with Crippen molar-refractivity contribution in [2.24, 2.45) is 5.92 Å². The number of nitrogens with zero attached hydrogens (tertiary/aromatic N) is 1. The maximum atomic E-state index is 13.6. The molecule has 3 rings (SSSR count). The van der Waals surface area contributed by atoms with E-state index in [1.165, 1.54) is 12.5 Å². The molecule has 2 nitrogen and oxygen atoms in total. The van der Waals surface area contributed by atoms with E-state index in [0.29, 0.717) is 24.1 Å². The van der Waals surface area contributed by atoms with Crippen LogP contribution in [0, 0.1) is 17.6 Å². The molecule has 2 unspecified atom stereocenters. The van der Waals surface area contributed by atoms with Gasteiger partial charge in [-0.05, 0) is 37.9 Å². The highest BCUT2D eigenvalue weighted by atomic mass is 35.5. The quantitative estimate of drug-likeness (QED) is 0.900. The summed E-state index contributed by atoms with van der Waals surface area (Å²) in [5.74, 6) is -0.760. The first-order valence-corrected chi connectivity index (χ1v) is 6.62. The van der Waals surface area contributed by atoms with Crippen LogP contribution in [-0.4, -0.2) is 30.6 Å². The number of nitrogens with one attached hydrogen (secondary N) is 1. The minimum atomic E-state index is -0.745. The van der Waals surface area contributed by atoms with Crippen LogP contribution in [0.3, 0.4) is 0 Å². The molecule has 1 aromatic rings. The molecule has 0 aromatic heterocycles. The molecule has 2 atom stereocenters. The van der Waals surface area contributed by atoms with Crippen molar-refractivity contribution in [3.05, 3.63) is 35.4 Å². The Balaban J connectivity index is 0.00000133. The van der Waals surface area contributed by atoms with Gasteiger partial charge in [0.1, 0.15) is 0 Å². The third-order valence-electron chi connectivity index (χ3n) is 4.17. The summed E-state index contributed by atoms with van der Waals surface area (Å²) in [6, 6.07) is 5.07. The van der Waals surface area contributed by atoms with Crippen LogP contribution in [-0.2, 0) is 6.54 Å². The predicted octanol–water partition coefficient (Wildman–Crippen LogP) is 2.57. The summed E-state index contributed by atoms with van der Waals surface area (Å²) in [4.78, 5) is 2.24. The number of halogens is 3. The van der Waals surface area contributed by atoms with Crippen LogP contribution in [0.25, 0.3) is 0 Å². The lowest BCUT2D eigenvalue weighted by Gasteiger charge is -2.34. The van der Waals surface area contributed by atoms with Gasteiger partial charge in [0.25, 0.3) is 0 Å². The Kier molecular flexibility index (Phi) is 4.76. The number of fused-ring (bicyclic) bond motifs is 1. The van der Waals surface area contributed by atoms with E-state index in [1.807, 2.05) is 0 Å². The molecular formula is C14H19ClF2N2. The Bertz CT molecular complexity index is 441. The Labute approximate surface area is 118 Å². The zero-order chi connectivity index (χ0) is 12.5. The summed E-state index contributed by atoms with van der Waals surface area (Å²) in [7, 11) is 0. The van der Waals surface area contributed by atoms with E-state index in [4.69, 9.17) is 0 Å². The topological polar surface area (TPSA) is 15.3 Å². The average Bonchev–Trinajstić information content (AvgIpc) is 2.82. The average molecular weight is 289 g/mol. The molecule has 0 bridgehead atoms. The number of hydrogen-bond acceptors (Lipinski definition) is 2. The predicted molar refractivity (Wildman–Crippen MR) is 73.4 cm³/mol. The lowest BCUT2D eigenvalue weighted by molar-refractivity contribution is 0.154. The molecule has 2 aliphatic heterocycles. The normalized spacial score (nSPS) is 26.8. The SMILES string of the molecule is Cl.Fc1cccc(CN2CCC3NCCC3C2)c1F. The van der Waals surface area contributed by atoms with E-state index in [2.05, 4.69) is 10.2 Å². The van der Waals surface area contributed by atoms with Gasteiger partial charge in [0.15, 0.2) is 11.6 Å². The Morgan fingerprint density at radius 1 is 1.26 bits per heavy atom. The van der Waals surface area contributed by atoms with E-state index < -0.39 is 11.6 Å². The molecule has 106 valence electrons. The molecule has 0 saturated carbocycles. The number of piperidine rings is 1. The van der Waals surface area contributed by atoms with Crippen molar-refractivity contribution in [3.8, 4) is 0 Å². The van der Waals surface area contributed by atoms with E-state index >= 15 is 0 Å². The van der Waals surface area contributed by atoms with Gasteiger partial charge >= 0.3 is 0 Å². The molecule has 0 amide bonds. The van der Waals surface area contributed by atoms with Crippen molar-refractivity contribution >= 4 is 12.4 Å². The zero-order valence-electron chi connectivity index (χ0n) is 10.7. The van der Waals surface area contributed by atoms with Crippen LogP contribution in [0.1, 0.15) is 18.4 Å². The van der Waals surface area contributed by atoms with Crippen molar-refractivity contribution in [2.75, 3.05) is 19.6 Å². The number of benzene rings is 1. The van der Waals surface area contributed by atoms with E-state index in [9.17, 15) is 8.78 Å². The lowest BCUT2D eigenvalue weighted by Crippen LogP contribution is -2.44. The van der Waals surface area contributed by atoms with Crippen LogP contribution < -0.4 is 5.32 Å². The van der Waals surface area contributed by atoms with Gasteiger partial charge in [0, 0.05) is 24.7 Å². The Hall–Kier alpha value is -0.710. The third-order valence-corrected chi connectivity index (χ3v) is 4.17. The minimum absolute atomic E-state index is 0. The first-order chi connectivity index (χ1) is 8.74. The fraction of sp³-hybridized carbons (Fsp3) is 0.571. The van der Waals surface area contributed by atoms with Gasteiger partial charge in [-0.2, -0.15) is 0 Å². The van der Waals surface area contributed by atoms with Gasteiger partial charge in [-0.3, -0.25) is 4.90 Å². The van der Waals surface area contributed by atoms with Crippen LogP contribution in [0.15, 0.2) is 18.2 Å². The van der Waals surface area contributed by atoms with Gasteiger partial charge in [0.05, 0.1) is 0 Å². The van der Waals surface area contributed by atoms with Crippen molar-refractivity contribution < 1.29 is 8.78 Å². The largest absolute Gasteiger partial charge is 0.314 e. The smallest absolute Gasteiger partial charge is 0.163 e. The van der Waals surface area contributed by atoms with Gasteiger partial charge in [-0.1, -0.05) is 12.1 Å². The lowest BCUT2D eigenvalue weighted by atomic mass is 9.93. The van der Waals surface area contributed by atoms with Crippen molar-refractivity contribution in [1.29, 1.82) is 0 Å². The summed E-state index contributed by atoms with van der Waals surface area (Å²) >= 11 is 0. The molecule has 0 radical (unpaired) electrons. The van der Waals surface area contributed by atoms with Crippen LogP contribution in [0.5, 0.6) is 0 Å². The van der Waals surface area contributed by atoms with Gasteiger partial charge in [-0.25, -0.2) is 8.78 Å². The molecule has 2 aliphatic rings. The molecule has 2 heterocycles. The summed E-state index contributed by atoms with van der Waals surface area (Å²) in [6.07, 6.45) is 2.31. The Morgan fingerprint density at radius 3 is 2.95 bits per heavy atom. The highest BCUT2D eigenvalue weighted by Crippen LogP contribution is 2.26. The second-order valence-corrected chi connectivity index (χ2v) is 5.35. The van der Waals surface area contributed by atoms with Crippen molar-refractivity contribution in [2.45, 2.75) is 25.4 Å². The fourth-order valence-corrected chi connectivity index (χ4v) is 3.18. The van der Waals surface area contributed by atoms with Crippen molar-refractivity contribution in [1.82, 2.24) is 10.2 Å². The first-order valence-electron chi connectivity index (χ1n) is 6.62. The van der Waals surface area contributed by atoms with Gasteiger partial charge < -0.3 is 5.32 Å². The van der Waals surface area contributed by atoms with E-state index in [0.717, 1.165) is 26.1 Å². The third kappa shape index (κ3) is 3.07. The summed E-state index contributed by atoms with van der Waals surface area (Å²) in [5.41, 5.74) is 0.472. The van der Waals surface area contributed by atoms with Gasteiger partial charge in [-0.15, -0.1) is 12.4 Å². The number of likely N-dealkylation sites (tertiary alicyclic amines) is 1. The highest BCUT2D eigenvalue weighted by molar-refractivity contribution is 5.85. The fourth-order valence-electron chi connectivity index (χ4n) is 3.18. The number of hydrogen-bond donors (Lipinski definition) is 1. The van der Waals surface area contributed by atoms with Crippen molar-refractivity contribution in [3.63, 3.8) is 0 Å². The summed E-state index contributed by atoms with van der Waals surface area (Å²) < 4.78 is 26.8. The van der Waals surface area contributed by atoms with E-state index in [1.54, 1.807) is 12.1 Å². The monoisotopic (exact) mass is 288 g/mol. The zero-order valence-corrected chi connectivity index (χ0v) is 11.6. The van der Waals surface area contributed by atoms with Gasteiger partial charge in [0.2, 0.25) is 0 Å². The summed E-state index contributed by atoms with van der Waals surface area (Å²) in [6.45, 7) is 3.57. The second kappa shape index (κ2) is 6.16. The van der Waals surface area contributed by atoms with Crippen LogP contribution in [0.2, 0.25) is 0 Å². The molecule has 1 N–H and O–H groups in total. The highest BCUT2D eigenvalue weighted by Gasteiger charge is 2.32. The molecule has 2 fully saturated rings. The van der Waals surface area contributed by atoms with Crippen LogP contribution >= 0.6 is 12.4 Å².